The molecule has 0 amide bonds. The van der Waals surface area contributed by atoms with Gasteiger partial charge in [0.25, 0.3) is 5.69 Å². The van der Waals surface area contributed by atoms with Crippen LogP contribution in [0.3, 0.4) is 0 Å². The van der Waals surface area contributed by atoms with Crippen molar-refractivity contribution in [2.75, 3.05) is 0 Å². The SMILES string of the molecule is N#Cc1cc([N+](=O)[O-])ccc1Oc1cccc(Cl)c1Cl. The minimum atomic E-state index is -0.586. The van der Waals surface area contributed by atoms with Crippen LogP contribution in [0, 0.1) is 21.4 Å². The molecule has 0 saturated heterocycles. The van der Waals surface area contributed by atoms with Crippen molar-refractivity contribution in [1.29, 1.82) is 5.26 Å². The summed E-state index contributed by atoms with van der Waals surface area (Å²) in [6.07, 6.45) is 0. The topological polar surface area (TPSA) is 76.2 Å². The number of nitrogens with zero attached hydrogens (tertiary/aromatic N) is 2. The molecule has 0 aliphatic rings. The number of halogens is 2. The molecule has 100 valence electrons. The maximum absolute atomic E-state index is 10.7. The molecule has 0 aliphatic heterocycles. The van der Waals surface area contributed by atoms with Gasteiger partial charge in [0.2, 0.25) is 0 Å². The van der Waals surface area contributed by atoms with Gasteiger partial charge in [-0.1, -0.05) is 29.3 Å². The van der Waals surface area contributed by atoms with Gasteiger partial charge in [-0.15, -0.1) is 0 Å². The Hall–Kier alpha value is -2.29. The van der Waals surface area contributed by atoms with Crippen LogP contribution in [0.15, 0.2) is 36.4 Å². The van der Waals surface area contributed by atoms with E-state index in [0.29, 0.717) is 5.02 Å². The molecular formula is C13H6Cl2N2O3. The van der Waals surface area contributed by atoms with Gasteiger partial charge in [-0.05, 0) is 18.2 Å². The summed E-state index contributed by atoms with van der Waals surface area (Å²) in [5.74, 6) is 0.437. The molecule has 0 aliphatic carbocycles. The van der Waals surface area contributed by atoms with Crippen LogP contribution in [0.1, 0.15) is 5.56 Å². The van der Waals surface area contributed by atoms with Gasteiger partial charge in [0, 0.05) is 12.1 Å². The molecule has 0 atom stereocenters. The lowest BCUT2D eigenvalue weighted by molar-refractivity contribution is -0.384. The molecule has 0 aromatic heterocycles. The third-order valence-corrected chi connectivity index (χ3v) is 3.23. The highest BCUT2D eigenvalue weighted by Gasteiger charge is 2.14. The average molecular weight is 309 g/mol. The third kappa shape index (κ3) is 2.82. The molecular weight excluding hydrogens is 303 g/mol. The zero-order chi connectivity index (χ0) is 14.7. The predicted molar refractivity (Wildman–Crippen MR) is 74.3 cm³/mol. The van der Waals surface area contributed by atoms with Crippen LogP contribution in [0.5, 0.6) is 11.5 Å². The van der Waals surface area contributed by atoms with Crippen LogP contribution in [0.25, 0.3) is 0 Å². The fraction of sp³-hybridized carbons (Fsp3) is 0. The summed E-state index contributed by atoms with van der Waals surface area (Å²) in [6.45, 7) is 0. The minimum absolute atomic E-state index is 0.0373. The lowest BCUT2D eigenvalue weighted by atomic mass is 10.2. The van der Waals surface area contributed by atoms with E-state index < -0.39 is 4.92 Å². The largest absolute Gasteiger partial charge is 0.454 e. The van der Waals surface area contributed by atoms with Crippen molar-refractivity contribution in [1.82, 2.24) is 0 Å². The first kappa shape index (κ1) is 14.1. The van der Waals surface area contributed by atoms with E-state index in [1.165, 1.54) is 12.1 Å². The Morgan fingerprint density at radius 2 is 1.95 bits per heavy atom. The highest BCUT2D eigenvalue weighted by Crippen LogP contribution is 2.36. The molecule has 7 heteroatoms. The molecule has 0 saturated carbocycles. The molecule has 0 heterocycles. The number of ether oxygens (including phenoxy) is 1. The fourth-order valence-electron chi connectivity index (χ4n) is 1.49. The van der Waals surface area contributed by atoms with E-state index in [9.17, 15) is 10.1 Å². The Morgan fingerprint density at radius 1 is 1.20 bits per heavy atom. The molecule has 5 nitrogen and oxygen atoms in total. The summed E-state index contributed by atoms with van der Waals surface area (Å²) in [7, 11) is 0. The third-order valence-electron chi connectivity index (χ3n) is 2.43. The van der Waals surface area contributed by atoms with Crippen LogP contribution < -0.4 is 4.74 Å². The number of hydrogen-bond acceptors (Lipinski definition) is 4. The zero-order valence-corrected chi connectivity index (χ0v) is 11.4. The summed E-state index contributed by atoms with van der Waals surface area (Å²) in [4.78, 5) is 10.1. The van der Waals surface area contributed by atoms with E-state index in [2.05, 4.69) is 0 Å². The summed E-state index contributed by atoms with van der Waals surface area (Å²) in [6, 6.07) is 10.4. The van der Waals surface area contributed by atoms with Crippen molar-refractivity contribution in [2.45, 2.75) is 0 Å². The van der Waals surface area contributed by atoms with Crippen molar-refractivity contribution in [3.8, 4) is 17.6 Å². The van der Waals surface area contributed by atoms with Crippen molar-refractivity contribution < 1.29 is 9.66 Å². The maximum atomic E-state index is 10.7. The molecule has 0 spiro atoms. The van der Waals surface area contributed by atoms with E-state index >= 15 is 0 Å². The Kier molecular flexibility index (Phi) is 4.08. The first-order valence-electron chi connectivity index (χ1n) is 5.33. The molecule has 0 unspecified atom stereocenters. The average Bonchev–Trinajstić information content (AvgIpc) is 2.44. The van der Waals surface area contributed by atoms with Crippen LogP contribution in [-0.2, 0) is 0 Å². The first-order valence-corrected chi connectivity index (χ1v) is 6.09. The van der Waals surface area contributed by atoms with Gasteiger partial charge < -0.3 is 4.74 Å². The maximum Gasteiger partial charge on any atom is 0.271 e. The van der Waals surface area contributed by atoms with Gasteiger partial charge >= 0.3 is 0 Å². The van der Waals surface area contributed by atoms with E-state index in [1.54, 1.807) is 18.2 Å². The second-order valence-electron chi connectivity index (χ2n) is 3.70. The van der Waals surface area contributed by atoms with E-state index in [-0.39, 0.29) is 27.8 Å². The second-order valence-corrected chi connectivity index (χ2v) is 4.49. The fourth-order valence-corrected chi connectivity index (χ4v) is 1.82. The second kappa shape index (κ2) is 5.78. The number of nitro benzene ring substituents is 1. The number of nitro groups is 1. The van der Waals surface area contributed by atoms with Crippen molar-refractivity contribution in [2.24, 2.45) is 0 Å². The van der Waals surface area contributed by atoms with Crippen molar-refractivity contribution >= 4 is 28.9 Å². The summed E-state index contributed by atoms with van der Waals surface area (Å²) in [5.41, 5.74) is -0.152. The van der Waals surface area contributed by atoms with Gasteiger partial charge in [-0.25, -0.2) is 0 Å². The molecule has 2 aromatic rings. The lowest BCUT2D eigenvalue weighted by Crippen LogP contribution is -1.93. The zero-order valence-electron chi connectivity index (χ0n) is 9.84. The Balaban J connectivity index is 2.42. The monoisotopic (exact) mass is 308 g/mol. The lowest BCUT2D eigenvalue weighted by Gasteiger charge is -2.09. The van der Waals surface area contributed by atoms with Gasteiger partial charge in [0.15, 0.2) is 0 Å². The van der Waals surface area contributed by atoms with Crippen molar-refractivity contribution in [3.63, 3.8) is 0 Å². The quantitative estimate of drug-likeness (QED) is 0.615. The normalized spacial score (nSPS) is 9.85. The van der Waals surface area contributed by atoms with Gasteiger partial charge in [-0.2, -0.15) is 5.26 Å². The minimum Gasteiger partial charge on any atom is -0.454 e. The van der Waals surface area contributed by atoms with Gasteiger partial charge in [0.1, 0.15) is 28.2 Å². The standard InChI is InChI=1S/C13H6Cl2N2O3/c14-10-2-1-3-12(13(10)15)20-11-5-4-9(17(18)19)6-8(11)7-16/h1-6H. The smallest absolute Gasteiger partial charge is 0.271 e. The highest BCUT2D eigenvalue weighted by molar-refractivity contribution is 6.42. The molecule has 0 N–H and O–H groups in total. The van der Waals surface area contributed by atoms with Crippen molar-refractivity contribution in [3.05, 3.63) is 62.1 Å². The van der Waals surface area contributed by atoms with E-state index in [1.807, 2.05) is 6.07 Å². The van der Waals surface area contributed by atoms with Crippen LogP contribution in [-0.4, -0.2) is 4.92 Å². The molecule has 0 fully saturated rings. The summed E-state index contributed by atoms with van der Waals surface area (Å²) < 4.78 is 5.49. The number of nitriles is 1. The van der Waals surface area contributed by atoms with Crippen LogP contribution in [0.4, 0.5) is 5.69 Å². The predicted octanol–water partition coefficient (Wildman–Crippen LogP) is 4.57. The van der Waals surface area contributed by atoms with Gasteiger partial charge in [0.05, 0.1) is 9.95 Å². The number of benzene rings is 2. The molecule has 20 heavy (non-hydrogen) atoms. The number of non-ortho nitro benzene ring substituents is 1. The molecule has 0 bridgehead atoms. The first-order chi connectivity index (χ1) is 9.52. The van der Waals surface area contributed by atoms with Gasteiger partial charge in [-0.3, -0.25) is 10.1 Å². The highest BCUT2D eigenvalue weighted by atomic mass is 35.5. The van der Waals surface area contributed by atoms with E-state index in [4.69, 9.17) is 33.2 Å². The molecule has 2 aromatic carbocycles. The molecule has 2 rings (SSSR count). The summed E-state index contributed by atoms with van der Waals surface area (Å²) in [5, 5.41) is 20.2. The Morgan fingerprint density at radius 3 is 2.60 bits per heavy atom. The Labute approximate surface area is 124 Å². The molecule has 0 radical (unpaired) electrons. The number of rotatable bonds is 3. The Bertz CT molecular complexity index is 726. The summed E-state index contributed by atoms with van der Waals surface area (Å²) >= 11 is 11.8. The van der Waals surface area contributed by atoms with E-state index in [0.717, 1.165) is 6.07 Å². The van der Waals surface area contributed by atoms with Crippen LogP contribution in [0.2, 0.25) is 10.0 Å². The number of hydrogen-bond donors (Lipinski definition) is 0. The van der Waals surface area contributed by atoms with Crippen LogP contribution >= 0.6 is 23.2 Å².